The second-order valence-corrected chi connectivity index (χ2v) is 6.72. The summed E-state index contributed by atoms with van der Waals surface area (Å²) < 4.78 is 45.0. The molecule has 5 nitrogen and oxygen atoms in total. The molecule has 0 N–H and O–H groups in total. The Labute approximate surface area is 174 Å². The average Bonchev–Trinajstić information content (AvgIpc) is 2.78. The third-order valence-corrected chi connectivity index (χ3v) is 4.62. The first-order valence-electron chi connectivity index (χ1n) is 9.25. The zero-order valence-electron chi connectivity index (χ0n) is 16.0. The van der Waals surface area contributed by atoms with Crippen molar-refractivity contribution in [2.45, 2.75) is 12.8 Å². The highest BCUT2D eigenvalue weighted by Crippen LogP contribution is 2.29. The third-order valence-electron chi connectivity index (χ3n) is 4.62. The van der Waals surface area contributed by atoms with Crippen molar-refractivity contribution >= 4 is 16.7 Å². The number of halogens is 3. The number of nitrogens with zero attached hydrogens (tertiary/aromatic N) is 2. The minimum absolute atomic E-state index is 0.106. The van der Waals surface area contributed by atoms with Crippen molar-refractivity contribution in [1.29, 1.82) is 0 Å². The van der Waals surface area contributed by atoms with Crippen molar-refractivity contribution in [3.05, 3.63) is 106 Å². The lowest BCUT2D eigenvalue weighted by Crippen LogP contribution is -2.25. The maximum Gasteiger partial charge on any atom is 0.416 e. The van der Waals surface area contributed by atoms with Crippen LogP contribution in [-0.4, -0.2) is 15.7 Å². The van der Waals surface area contributed by atoms with Crippen LogP contribution in [0, 0.1) is 0 Å². The summed E-state index contributed by atoms with van der Waals surface area (Å²) in [5.41, 5.74) is -0.696. The van der Waals surface area contributed by atoms with E-state index < -0.39 is 23.3 Å². The normalized spacial score (nSPS) is 11.5. The van der Waals surface area contributed by atoms with E-state index in [4.69, 9.17) is 4.74 Å². The summed E-state index contributed by atoms with van der Waals surface area (Å²) in [6.07, 6.45) is -4.50. The van der Waals surface area contributed by atoms with Crippen molar-refractivity contribution < 1.29 is 22.7 Å². The number of benzene rings is 3. The van der Waals surface area contributed by atoms with Gasteiger partial charge < -0.3 is 4.74 Å². The summed E-state index contributed by atoms with van der Waals surface area (Å²) in [5, 5.41) is 4.76. The van der Waals surface area contributed by atoms with Crippen molar-refractivity contribution in [1.82, 2.24) is 9.78 Å². The molecule has 0 radical (unpaired) electrons. The van der Waals surface area contributed by atoms with Gasteiger partial charge in [-0.1, -0.05) is 48.5 Å². The first-order valence-corrected chi connectivity index (χ1v) is 9.25. The van der Waals surface area contributed by atoms with E-state index in [1.54, 1.807) is 54.6 Å². The fraction of sp³-hybridized carbons (Fsp3) is 0.0870. The highest BCUT2D eigenvalue weighted by atomic mass is 19.4. The van der Waals surface area contributed by atoms with Gasteiger partial charge in [0.15, 0.2) is 5.69 Å². The highest BCUT2D eigenvalue weighted by molar-refractivity contribution is 6.02. The number of rotatable bonds is 4. The molecule has 0 spiro atoms. The van der Waals surface area contributed by atoms with E-state index in [0.717, 1.165) is 16.8 Å². The molecular formula is C23H15F3N2O3. The molecule has 4 aromatic rings. The number of aromatic nitrogens is 2. The fourth-order valence-corrected chi connectivity index (χ4v) is 3.14. The highest BCUT2D eigenvalue weighted by Gasteiger charge is 2.30. The molecule has 4 rings (SSSR count). The Morgan fingerprint density at radius 2 is 1.58 bits per heavy atom. The van der Waals surface area contributed by atoms with Gasteiger partial charge >= 0.3 is 12.1 Å². The Morgan fingerprint density at radius 3 is 2.29 bits per heavy atom. The van der Waals surface area contributed by atoms with Crippen LogP contribution in [0.25, 0.3) is 16.5 Å². The van der Waals surface area contributed by atoms with E-state index in [9.17, 15) is 22.8 Å². The summed E-state index contributed by atoms with van der Waals surface area (Å²) in [7, 11) is 0. The van der Waals surface area contributed by atoms with Gasteiger partial charge in [0.25, 0.3) is 5.56 Å². The molecule has 0 unspecified atom stereocenters. The van der Waals surface area contributed by atoms with Crippen LogP contribution in [0.15, 0.2) is 83.7 Å². The molecule has 0 aliphatic heterocycles. The average molecular weight is 424 g/mol. The van der Waals surface area contributed by atoms with Crippen molar-refractivity contribution in [2.75, 3.05) is 0 Å². The topological polar surface area (TPSA) is 61.2 Å². The van der Waals surface area contributed by atoms with Crippen LogP contribution in [0.5, 0.6) is 0 Å². The largest absolute Gasteiger partial charge is 0.456 e. The van der Waals surface area contributed by atoms with Crippen LogP contribution in [0.4, 0.5) is 13.2 Å². The summed E-state index contributed by atoms with van der Waals surface area (Å²) in [6, 6.07) is 19.6. The molecule has 3 aromatic carbocycles. The lowest BCUT2D eigenvalue weighted by molar-refractivity contribution is -0.137. The monoisotopic (exact) mass is 424 g/mol. The van der Waals surface area contributed by atoms with Crippen LogP contribution < -0.4 is 5.56 Å². The van der Waals surface area contributed by atoms with E-state index in [0.29, 0.717) is 11.1 Å². The zero-order chi connectivity index (χ0) is 22.0. The van der Waals surface area contributed by atoms with Gasteiger partial charge in [-0.05, 0) is 35.9 Å². The third kappa shape index (κ3) is 4.18. The van der Waals surface area contributed by atoms with Crippen LogP contribution in [0.1, 0.15) is 21.6 Å². The molecule has 0 atom stereocenters. The molecule has 31 heavy (non-hydrogen) atoms. The molecule has 156 valence electrons. The zero-order valence-corrected chi connectivity index (χ0v) is 16.0. The summed E-state index contributed by atoms with van der Waals surface area (Å²) in [4.78, 5) is 25.6. The Kier molecular flexibility index (Phi) is 5.29. The predicted molar refractivity (Wildman–Crippen MR) is 108 cm³/mol. The Balaban J connectivity index is 1.70. The van der Waals surface area contributed by atoms with Gasteiger partial charge in [0.05, 0.1) is 16.6 Å². The molecule has 1 aromatic heterocycles. The Morgan fingerprint density at radius 1 is 0.903 bits per heavy atom. The van der Waals surface area contributed by atoms with Gasteiger partial charge in [-0.15, -0.1) is 0 Å². The second kappa shape index (κ2) is 8.06. The number of ether oxygens (including phenoxy) is 1. The number of alkyl halides is 3. The van der Waals surface area contributed by atoms with E-state index in [-0.39, 0.29) is 23.3 Å². The standard InChI is InChI=1S/C23H15F3N2O3/c24-23(25,26)16-8-6-7-15(13-16)14-31-22(30)20-18-11-4-5-12-19(18)21(29)28(27-20)17-9-2-1-3-10-17/h1-13H,14H2. The molecule has 0 fully saturated rings. The molecule has 0 aliphatic rings. The van der Waals surface area contributed by atoms with Gasteiger partial charge in [-0.25, -0.2) is 4.79 Å². The SMILES string of the molecule is O=C(OCc1cccc(C(F)(F)F)c1)c1nn(-c2ccccc2)c(=O)c2ccccc12. The fourth-order valence-electron chi connectivity index (χ4n) is 3.14. The number of para-hydroxylation sites is 1. The quantitative estimate of drug-likeness (QED) is 0.443. The number of fused-ring (bicyclic) bond motifs is 1. The molecule has 0 amide bonds. The minimum atomic E-state index is -4.50. The Bertz CT molecular complexity index is 1320. The number of hydrogen-bond donors (Lipinski definition) is 0. The van der Waals surface area contributed by atoms with Crippen LogP contribution in [0.2, 0.25) is 0 Å². The molecule has 0 bridgehead atoms. The van der Waals surface area contributed by atoms with E-state index in [1.807, 2.05) is 0 Å². The van der Waals surface area contributed by atoms with Gasteiger partial charge in [-0.3, -0.25) is 4.79 Å². The number of esters is 1. The number of carbonyl (C=O) groups excluding carboxylic acids is 1. The molecular weight excluding hydrogens is 409 g/mol. The van der Waals surface area contributed by atoms with Crippen LogP contribution >= 0.6 is 0 Å². The lowest BCUT2D eigenvalue weighted by Gasteiger charge is -2.12. The van der Waals surface area contributed by atoms with Gasteiger partial charge in [0.2, 0.25) is 0 Å². The van der Waals surface area contributed by atoms with Gasteiger partial charge in [0.1, 0.15) is 6.61 Å². The van der Waals surface area contributed by atoms with Crippen molar-refractivity contribution in [3.8, 4) is 5.69 Å². The smallest absolute Gasteiger partial charge is 0.416 e. The van der Waals surface area contributed by atoms with E-state index in [2.05, 4.69) is 5.10 Å². The number of carbonyl (C=O) groups is 1. The first-order chi connectivity index (χ1) is 14.8. The maximum atomic E-state index is 12.9. The minimum Gasteiger partial charge on any atom is -0.456 e. The summed E-state index contributed by atoms with van der Waals surface area (Å²) in [5.74, 6) is -0.849. The summed E-state index contributed by atoms with van der Waals surface area (Å²) in [6.45, 7) is -0.372. The van der Waals surface area contributed by atoms with E-state index >= 15 is 0 Å². The molecule has 0 saturated carbocycles. The van der Waals surface area contributed by atoms with E-state index in [1.165, 1.54) is 12.1 Å². The van der Waals surface area contributed by atoms with Gasteiger partial charge in [-0.2, -0.15) is 23.0 Å². The van der Waals surface area contributed by atoms with Crippen LogP contribution in [-0.2, 0) is 17.5 Å². The molecule has 8 heteroatoms. The Hall–Kier alpha value is -3.94. The second-order valence-electron chi connectivity index (χ2n) is 6.72. The van der Waals surface area contributed by atoms with Crippen molar-refractivity contribution in [2.24, 2.45) is 0 Å². The van der Waals surface area contributed by atoms with Gasteiger partial charge in [0, 0.05) is 5.39 Å². The number of hydrogen-bond acceptors (Lipinski definition) is 4. The predicted octanol–water partition coefficient (Wildman–Crippen LogP) is 4.76. The lowest BCUT2D eigenvalue weighted by atomic mass is 10.1. The molecule has 0 aliphatic carbocycles. The first kappa shape index (κ1) is 20.3. The van der Waals surface area contributed by atoms with Crippen LogP contribution in [0.3, 0.4) is 0 Å². The molecule has 0 saturated heterocycles. The molecule has 1 heterocycles. The van der Waals surface area contributed by atoms with Crippen molar-refractivity contribution in [3.63, 3.8) is 0 Å². The maximum absolute atomic E-state index is 12.9. The summed E-state index contributed by atoms with van der Waals surface area (Å²) >= 11 is 0.